The molecule has 82 valence electrons. The molecule has 1 aromatic rings. The minimum atomic E-state index is -4.52. The zero-order chi connectivity index (χ0) is 11.6. The number of nitrogens with two attached hydrogens (primary N) is 2. The van der Waals surface area contributed by atoms with E-state index in [9.17, 15) is 13.2 Å². The maximum Gasteiger partial charge on any atom is 0.417 e. The lowest BCUT2D eigenvalue weighted by molar-refractivity contribution is -0.137. The molecule has 0 aromatic heterocycles. The maximum absolute atomic E-state index is 12.4. The first-order valence-electron chi connectivity index (χ1n) is 3.77. The first-order chi connectivity index (χ1) is 6.82. The van der Waals surface area contributed by atoms with Crippen molar-refractivity contribution < 1.29 is 13.2 Å². The molecule has 7 heteroatoms. The predicted octanol–water partition coefficient (Wildman–Crippen LogP) is 2.26. The third-order valence-corrected chi connectivity index (χ3v) is 1.93. The first-order valence-corrected chi connectivity index (χ1v) is 4.15. The molecule has 0 radical (unpaired) electrons. The molecule has 0 aliphatic heterocycles. The summed E-state index contributed by atoms with van der Waals surface area (Å²) in [4.78, 5) is 3.47. The minimum Gasteiger partial charge on any atom is -0.370 e. The molecule has 1 rings (SSSR count). The number of nitrogens with zero attached hydrogens (tertiary/aromatic N) is 1. The Labute approximate surface area is 88.5 Å². The number of halogens is 4. The number of hydrogen-bond acceptors (Lipinski definition) is 1. The molecule has 0 saturated carbocycles. The van der Waals surface area contributed by atoms with E-state index in [2.05, 4.69) is 4.99 Å². The molecule has 0 amide bonds. The van der Waals surface area contributed by atoms with Crippen LogP contribution in [0.25, 0.3) is 0 Å². The smallest absolute Gasteiger partial charge is 0.370 e. The number of alkyl halides is 3. The van der Waals surface area contributed by atoms with Gasteiger partial charge in [-0.05, 0) is 12.1 Å². The van der Waals surface area contributed by atoms with Crippen molar-refractivity contribution in [3.8, 4) is 0 Å². The van der Waals surface area contributed by atoms with Crippen LogP contribution >= 0.6 is 11.6 Å². The molecule has 0 saturated heterocycles. The average molecular weight is 238 g/mol. The highest BCUT2D eigenvalue weighted by atomic mass is 35.5. The van der Waals surface area contributed by atoms with E-state index >= 15 is 0 Å². The molecule has 1 aromatic carbocycles. The third-order valence-electron chi connectivity index (χ3n) is 1.53. The summed E-state index contributed by atoms with van der Waals surface area (Å²) < 4.78 is 37.1. The fraction of sp³-hybridized carbons (Fsp3) is 0.125. The fourth-order valence-electron chi connectivity index (χ4n) is 0.964. The molecule has 0 heterocycles. The van der Waals surface area contributed by atoms with Crippen LogP contribution in [0.3, 0.4) is 0 Å². The van der Waals surface area contributed by atoms with Crippen molar-refractivity contribution in [1.82, 2.24) is 0 Å². The lowest BCUT2D eigenvalue weighted by Gasteiger charge is -2.09. The molecule has 0 aliphatic rings. The van der Waals surface area contributed by atoms with E-state index in [1.54, 1.807) is 0 Å². The molecular formula is C8H7ClF3N3. The average Bonchev–Trinajstić information content (AvgIpc) is 2.05. The van der Waals surface area contributed by atoms with Gasteiger partial charge in [-0.2, -0.15) is 13.2 Å². The Hall–Kier alpha value is -1.43. The Morgan fingerprint density at radius 2 is 1.87 bits per heavy atom. The van der Waals surface area contributed by atoms with Crippen LogP contribution < -0.4 is 11.5 Å². The van der Waals surface area contributed by atoms with E-state index in [1.807, 2.05) is 0 Å². The molecule has 0 unspecified atom stereocenters. The van der Waals surface area contributed by atoms with Crippen LogP contribution in [0.2, 0.25) is 5.02 Å². The zero-order valence-corrected chi connectivity index (χ0v) is 8.10. The SMILES string of the molecule is NC(N)=Nc1cccc(C(F)(F)F)c1Cl. The number of benzene rings is 1. The van der Waals surface area contributed by atoms with E-state index in [4.69, 9.17) is 23.1 Å². The largest absolute Gasteiger partial charge is 0.417 e. The van der Waals surface area contributed by atoms with Crippen molar-refractivity contribution in [3.05, 3.63) is 28.8 Å². The van der Waals surface area contributed by atoms with Gasteiger partial charge in [-0.25, -0.2) is 4.99 Å². The highest BCUT2D eigenvalue weighted by Gasteiger charge is 2.33. The van der Waals surface area contributed by atoms with Gasteiger partial charge >= 0.3 is 6.18 Å². The second-order valence-electron chi connectivity index (χ2n) is 2.67. The van der Waals surface area contributed by atoms with Crippen molar-refractivity contribution in [2.24, 2.45) is 16.5 Å². The summed E-state index contributed by atoms with van der Waals surface area (Å²) in [6.07, 6.45) is -4.52. The first kappa shape index (κ1) is 11.6. The van der Waals surface area contributed by atoms with Gasteiger partial charge in [0.05, 0.1) is 16.3 Å². The van der Waals surface area contributed by atoms with Crippen LogP contribution in [0.5, 0.6) is 0 Å². The van der Waals surface area contributed by atoms with E-state index < -0.39 is 16.8 Å². The molecule has 4 N–H and O–H groups in total. The quantitative estimate of drug-likeness (QED) is 0.581. The van der Waals surface area contributed by atoms with Crippen molar-refractivity contribution in [2.45, 2.75) is 6.18 Å². The van der Waals surface area contributed by atoms with Gasteiger partial charge in [-0.1, -0.05) is 17.7 Å². The second kappa shape index (κ2) is 3.98. The molecule has 0 atom stereocenters. The summed E-state index contributed by atoms with van der Waals surface area (Å²) in [5.41, 5.74) is 9.01. The number of guanidine groups is 1. The molecule has 3 nitrogen and oxygen atoms in total. The Kier molecular flexibility index (Phi) is 3.09. The zero-order valence-electron chi connectivity index (χ0n) is 7.35. The predicted molar refractivity (Wildman–Crippen MR) is 51.9 cm³/mol. The molecule has 0 bridgehead atoms. The van der Waals surface area contributed by atoms with Gasteiger partial charge in [0.1, 0.15) is 0 Å². The molecule has 15 heavy (non-hydrogen) atoms. The van der Waals surface area contributed by atoms with E-state index in [0.717, 1.165) is 6.07 Å². The minimum absolute atomic E-state index is 0.105. The summed E-state index contributed by atoms with van der Waals surface area (Å²) in [5.74, 6) is -0.351. The van der Waals surface area contributed by atoms with E-state index in [0.29, 0.717) is 0 Å². The Bertz CT molecular complexity index is 397. The standard InChI is InChI=1S/C8H7ClF3N3/c9-6-4(8(10,11)12)2-1-3-5(6)15-7(13)14/h1-3H,(H4,13,14,15). The van der Waals surface area contributed by atoms with Crippen molar-refractivity contribution in [3.63, 3.8) is 0 Å². The maximum atomic E-state index is 12.4. The number of rotatable bonds is 1. The highest BCUT2D eigenvalue weighted by molar-refractivity contribution is 6.34. The van der Waals surface area contributed by atoms with Gasteiger partial charge in [0.2, 0.25) is 0 Å². The summed E-state index contributed by atoms with van der Waals surface area (Å²) >= 11 is 5.50. The normalized spacial score (nSPS) is 11.2. The Morgan fingerprint density at radius 3 is 2.33 bits per heavy atom. The van der Waals surface area contributed by atoms with Gasteiger partial charge in [-0.15, -0.1) is 0 Å². The van der Waals surface area contributed by atoms with E-state index in [-0.39, 0.29) is 11.6 Å². The molecule has 0 spiro atoms. The van der Waals surface area contributed by atoms with Crippen LogP contribution in [0.4, 0.5) is 18.9 Å². The van der Waals surface area contributed by atoms with Crippen LogP contribution in [0.1, 0.15) is 5.56 Å². The van der Waals surface area contributed by atoms with Gasteiger partial charge in [-0.3, -0.25) is 0 Å². The van der Waals surface area contributed by atoms with E-state index in [1.165, 1.54) is 12.1 Å². The van der Waals surface area contributed by atoms with Gasteiger partial charge in [0, 0.05) is 0 Å². The van der Waals surface area contributed by atoms with Crippen LogP contribution in [-0.4, -0.2) is 5.96 Å². The number of aliphatic imine (C=N–C) groups is 1. The summed E-state index contributed by atoms with van der Waals surface area (Å²) in [5, 5.41) is -0.515. The second-order valence-corrected chi connectivity index (χ2v) is 3.05. The molecular weight excluding hydrogens is 231 g/mol. The number of hydrogen-bond donors (Lipinski definition) is 2. The molecule has 0 fully saturated rings. The third kappa shape index (κ3) is 2.76. The van der Waals surface area contributed by atoms with Crippen LogP contribution in [0, 0.1) is 0 Å². The van der Waals surface area contributed by atoms with Crippen molar-refractivity contribution in [2.75, 3.05) is 0 Å². The van der Waals surface area contributed by atoms with Crippen LogP contribution in [-0.2, 0) is 6.18 Å². The Balaban J connectivity index is 3.30. The lowest BCUT2D eigenvalue weighted by atomic mass is 10.2. The topological polar surface area (TPSA) is 64.4 Å². The summed E-state index contributed by atoms with van der Waals surface area (Å²) in [6, 6.07) is 3.32. The van der Waals surface area contributed by atoms with Gasteiger partial charge in [0.15, 0.2) is 5.96 Å². The van der Waals surface area contributed by atoms with Crippen LogP contribution in [0.15, 0.2) is 23.2 Å². The fourth-order valence-corrected chi connectivity index (χ4v) is 1.24. The summed E-state index contributed by atoms with van der Waals surface area (Å²) in [6.45, 7) is 0. The van der Waals surface area contributed by atoms with Crippen molar-refractivity contribution in [1.29, 1.82) is 0 Å². The van der Waals surface area contributed by atoms with Crippen molar-refractivity contribution >= 4 is 23.2 Å². The lowest BCUT2D eigenvalue weighted by Crippen LogP contribution is -2.22. The van der Waals surface area contributed by atoms with Gasteiger partial charge < -0.3 is 11.5 Å². The summed E-state index contributed by atoms with van der Waals surface area (Å²) in [7, 11) is 0. The highest BCUT2D eigenvalue weighted by Crippen LogP contribution is 2.38. The van der Waals surface area contributed by atoms with Gasteiger partial charge in [0.25, 0.3) is 0 Å². The molecule has 0 aliphatic carbocycles. The Morgan fingerprint density at radius 1 is 1.27 bits per heavy atom. The monoisotopic (exact) mass is 237 g/mol.